The minimum absolute atomic E-state index is 0.0728. The lowest BCUT2D eigenvalue weighted by Crippen LogP contribution is -2.27. The monoisotopic (exact) mass is 284 g/mol. The fourth-order valence-corrected chi connectivity index (χ4v) is 2.06. The van der Waals surface area contributed by atoms with Gasteiger partial charge in [-0.25, -0.2) is 0 Å². The molecular weight excluding hydrogens is 264 g/mol. The molecule has 0 fully saturated rings. The number of rotatable bonds is 6. The molecule has 0 atom stereocenters. The first-order valence-electron chi connectivity index (χ1n) is 6.91. The maximum absolute atomic E-state index is 12.1. The van der Waals surface area contributed by atoms with Crippen LogP contribution in [0.5, 0.6) is 5.75 Å². The van der Waals surface area contributed by atoms with E-state index in [1.165, 1.54) is 0 Å². The van der Waals surface area contributed by atoms with Gasteiger partial charge in [0.05, 0.1) is 12.8 Å². The average Bonchev–Trinajstić information content (AvgIpc) is 2.55. The Morgan fingerprint density at radius 1 is 1.10 bits per heavy atom. The lowest BCUT2D eigenvalue weighted by molar-refractivity contribution is -0.118. The van der Waals surface area contributed by atoms with Crippen LogP contribution in [-0.4, -0.2) is 26.6 Å². The smallest absolute Gasteiger partial charge is 0.228 e. The molecule has 0 aromatic heterocycles. The molecule has 0 saturated heterocycles. The van der Waals surface area contributed by atoms with Crippen LogP contribution in [0.2, 0.25) is 0 Å². The van der Waals surface area contributed by atoms with Gasteiger partial charge in [0.15, 0.2) is 0 Å². The molecule has 110 valence electrons. The van der Waals surface area contributed by atoms with Gasteiger partial charge in [0, 0.05) is 25.7 Å². The van der Waals surface area contributed by atoms with Crippen molar-refractivity contribution in [1.82, 2.24) is 0 Å². The minimum Gasteiger partial charge on any atom is -0.495 e. The molecule has 21 heavy (non-hydrogen) atoms. The van der Waals surface area contributed by atoms with E-state index in [-0.39, 0.29) is 5.91 Å². The van der Waals surface area contributed by atoms with Gasteiger partial charge in [-0.3, -0.25) is 4.79 Å². The van der Waals surface area contributed by atoms with E-state index in [2.05, 4.69) is 5.32 Å². The molecule has 0 spiro atoms. The molecular formula is C17H20N2O2. The number of hydrogen-bond donors (Lipinski definition) is 1. The highest BCUT2D eigenvalue weighted by Gasteiger charge is 2.10. The third-order valence-electron chi connectivity index (χ3n) is 3.28. The summed E-state index contributed by atoms with van der Waals surface area (Å²) in [4.78, 5) is 13.8. The number of carbonyl (C=O) groups is 1. The lowest BCUT2D eigenvalue weighted by atomic mass is 10.2. The van der Waals surface area contributed by atoms with Crippen LogP contribution in [-0.2, 0) is 4.79 Å². The first-order valence-corrected chi connectivity index (χ1v) is 6.91. The number of nitrogens with zero attached hydrogens (tertiary/aromatic N) is 1. The molecule has 2 rings (SSSR count). The van der Waals surface area contributed by atoms with Crippen LogP contribution in [0.4, 0.5) is 11.4 Å². The maximum Gasteiger partial charge on any atom is 0.228 e. The Kier molecular flexibility index (Phi) is 5.21. The summed E-state index contributed by atoms with van der Waals surface area (Å²) in [5, 5.41) is 3.23. The van der Waals surface area contributed by atoms with Gasteiger partial charge in [-0.15, -0.1) is 0 Å². The van der Waals surface area contributed by atoms with E-state index in [4.69, 9.17) is 4.74 Å². The Labute approximate surface area is 125 Å². The Morgan fingerprint density at radius 2 is 1.76 bits per heavy atom. The van der Waals surface area contributed by atoms with Gasteiger partial charge in [0.1, 0.15) is 5.75 Å². The fraction of sp³-hybridized carbons (Fsp3) is 0.235. The molecule has 0 radical (unpaired) electrons. The van der Waals surface area contributed by atoms with Gasteiger partial charge < -0.3 is 15.0 Å². The molecule has 0 bridgehead atoms. The Morgan fingerprint density at radius 3 is 2.48 bits per heavy atom. The number of anilines is 2. The Bertz CT molecular complexity index is 584. The van der Waals surface area contributed by atoms with E-state index >= 15 is 0 Å². The number of amides is 1. The maximum atomic E-state index is 12.1. The molecule has 0 aliphatic heterocycles. The van der Waals surface area contributed by atoms with Crippen molar-refractivity contribution in [1.29, 1.82) is 0 Å². The van der Waals surface area contributed by atoms with Crippen LogP contribution in [0.3, 0.4) is 0 Å². The van der Waals surface area contributed by atoms with E-state index in [9.17, 15) is 4.79 Å². The number of ether oxygens (including phenoxy) is 1. The first kappa shape index (κ1) is 14.9. The van der Waals surface area contributed by atoms with E-state index < -0.39 is 0 Å². The summed E-state index contributed by atoms with van der Waals surface area (Å²) < 4.78 is 5.26. The zero-order valence-electron chi connectivity index (χ0n) is 12.4. The van der Waals surface area contributed by atoms with E-state index in [0.29, 0.717) is 13.0 Å². The highest BCUT2D eigenvalue weighted by Crippen LogP contribution is 2.22. The molecule has 0 saturated carbocycles. The van der Waals surface area contributed by atoms with Gasteiger partial charge in [-0.05, 0) is 24.3 Å². The molecule has 4 nitrogen and oxygen atoms in total. The molecule has 0 unspecified atom stereocenters. The van der Waals surface area contributed by atoms with Gasteiger partial charge >= 0.3 is 0 Å². The van der Waals surface area contributed by atoms with Crippen molar-refractivity contribution in [2.75, 3.05) is 30.9 Å². The van der Waals surface area contributed by atoms with Crippen molar-refractivity contribution in [3.05, 3.63) is 54.6 Å². The van der Waals surface area contributed by atoms with Crippen molar-refractivity contribution in [2.45, 2.75) is 6.42 Å². The van der Waals surface area contributed by atoms with Crippen molar-refractivity contribution in [3.63, 3.8) is 0 Å². The molecule has 4 heteroatoms. The van der Waals surface area contributed by atoms with E-state index in [0.717, 1.165) is 17.1 Å². The second kappa shape index (κ2) is 7.33. The van der Waals surface area contributed by atoms with Crippen LogP contribution in [0, 0.1) is 0 Å². The van der Waals surface area contributed by atoms with Crippen LogP contribution in [0.25, 0.3) is 0 Å². The number of carbonyl (C=O) groups excluding carboxylic acids is 1. The van der Waals surface area contributed by atoms with Crippen molar-refractivity contribution >= 4 is 17.3 Å². The summed E-state index contributed by atoms with van der Waals surface area (Å²) in [5.74, 6) is 0.852. The van der Waals surface area contributed by atoms with E-state index in [1.807, 2.05) is 54.6 Å². The summed E-state index contributed by atoms with van der Waals surface area (Å²) in [6.45, 7) is 0.566. The van der Waals surface area contributed by atoms with Gasteiger partial charge in [0.2, 0.25) is 5.91 Å². The van der Waals surface area contributed by atoms with Crippen LogP contribution in [0.1, 0.15) is 6.42 Å². The van der Waals surface area contributed by atoms with Gasteiger partial charge in [0.25, 0.3) is 0 Å². The number of nitrogens with one attached hydrogen (secondary N) is 1. The summed E-state index contributed by atoms with van der Waals surface area (Å²) in [6.07, 6.45) is 0.420. The number of hydrogen-bond acceptors (Lipinski definition) is 3. The van der Waals surface area contributed by atoms with Gasteiger partial charge in [-0.2, -0.15) is 0 Å². The molecule has 0 aliphatic carbocycles. The minimum atomic E-state index is 0.0728. The first-order chi connectivity index (χ1) is 10.2. The highest BCUT2D eigenvalue weighted by atomic mass is 16.5. The van der Waals surface area contributed by atoms with Gasteiger partial charge in [-0.1, -0.05) is 30.3 Å². The zero-order chi connectivity index (χ0) is 15.1. The largest absolute Gasteiger partial charge is 0.495 e. The van der Waals surface area contributed by atoms with Crippen molar-refractivity contribution in [3.8, 4) is 5.75 Å². The SMILES string of the molecule is COc1ccccc1NCCC(=O)N(C)c1ccccc1. The third kappa shape index (κ3) is 3.99. The summed E-state index contributed by atoms with van der Waals surface area (Å²) in [5.41, 5.74) is 1.80. The predicted molar refractivity (Wildman–Crippen MR) is 86.0 cm³/mol. The zero-order valence-corrected chi connectivity index (χ0v) is 12.4. The van der Waals surface area contributed by atoms with Crippen LogP contribution < -0.4 is 15.0 Å². The second-order valence-electron chi connectivity index (χ2n) is 4.67. The Balaban J connectivity index is 1.87. The Hall–Kier alpha value is -2.49. The number of benzene rings is 2. The lowest BCUT2D eigenvalue weighted by Gasteiger charge is -2.18. The molecule has 1 amide bonds. The summed E-state index contributed by atoms with van der Waals surface area (Å²) in [6, 6.07) is 17.3. The molecule has 1 N–H and O–H groups in total. The summed E-state index contributed by atoms with van der Waals surface area (Å²) >= 11 is 0. The van der Waals surface area contributed by atoms with Crippen LogP contribution in [0.15, 0.2) is 54.6 Å². The normalized spacial score (nSPS) is 10.0. The number of para-hydroxylation sites is 3. The highest BCUT2D eigenvalue weighted by molar-refractivity contribution is 5.93. The molecule has 0 heterocycles. The van der Waals surface area contributed by atoms with Crippen LogP contribution >= 0.6 is 0 Å². The van der Waals surface area contributed by atoms with E-state index in [1.54, 1.807) is 19.1 Å². The molecule has 2 aromatic rings. The third-order valence-corrected chi connectivity index (χ3v) is 3.28. The average molecular weight is 284 g/mol. The predicted octanol–water partition coefficient (Wildman–Crippen LogP) is 3.16. The number of methoxy groups -OCH3 is 1. The van der Waals surface area contributed by atoms with Crippen molar-refractivity contribution < 1.29 is 9.53 Å². The van der Waals surface area contributed by atoms with Crippen molar-refractivity contribution in [2.24, 2.45) is 0 Å². The molecule has 0 aliphatic rings. The molecule has 2 aromatic carbocycles. The second-order valence-corrected chi connectivity index (χ2v) is 4.67. The topological polar surface area (TPSA) is 41.6 Å². The summed E-state index contributed by atoms with van der Waals surface area (Å²) in [7, 11) is 3.43. The standard InChI is InChI=1S/C17H20N2O2/c1-19(14-8-4-3-5-9-14)17(20)12-13-18-15-10-6-7-11-16(15)21-2/h3-11,18H,12-13H2,1-2H3. The fourth-order valence-electron chi connectivity index (χ4n) is 2.06. The quantitative estimate of drug-likeness (QED) is 0.886.